The number of allylic oxidation sites excluding steroid dienone is 1. The molecule has 0 bridgehead atoms. The first-order valence-electron chi connectivity index (χ1n) is 8.05. The Hall–Kier alpha value is -2.32. The van der Waals surface area contributed by atoms with Crippen molar-refractivity contribution in [2.75, 3.05) is 6.54 Å². The minimum atomic E-state index is -1.49. The highest BCUT2D eigenvalue weighted by atomic mass is 28.3. The predicted octanol–water partition coefficient (Wildman–Crippen LogP) is 3.50. The van der Waals surface area contributed by atoms with Gasteiger partial charge in [0.05, 0.1) is 12.6 Å². The van der Waals surface area contributed by atoms with Gasteiger partial charge in [0.2, 0.25) is 0 Å². The van der Waals surface area contributed by atoms with Crippen LogP contribution in [0.4, 0.5) is 4.79 Å². The van der Waals surface area contributed by atoms with Crippen LogP contribution in [0.3, 0.4) is 0 Å². The molecule has 0 saturated carbocycles. The molecule has 0 aromatic heterocycles. The molecule has 1 heterocycles. The zero-order valence-corrected chi connectivity index (χ0v) is 15.9. The zero-order valence-electron chi connectivity index (χ0n) is 14.9. The average molecular weight is 340 g/mol. The predicted molar refractivity (Wildman–Crippen MR) is 98.9 cm³/mol. The molecule has 4 nitrogen and oxygen atoms in total. The fraction of sp³-hybridized carbons (Fsp3) is 0.368. The second-order valence-electron chi connectivity index (χ2n) is 6.99. The van der Waals surface area contributed by atoms with E-state index in [1.165, 1.54) is 6.92 Å². The van der Waals surface area contributed by atoms with E-state index in [9.17, 15) is 9.59 Å². The summed E-state index contributed by atoms with van der Waals surface area (Å²) in [5.41, 5.74) is 5.47. The van der Waals surface area contributed by atoms with Crippen LogP contribution in [0.5, 0.6) is 0 Å². The smallest absolute Gasteiger partial charge is 0.323 e. The molecule has 126 valence electrons. The molecule has 1 aromatic rings. The van der Waals surface area contributed by atoms with E-state index in [0.717, 1.165) is 5.56 Å². The van der Waals surface area contributed by atoms with Crippen molar-refractivity contribution >= 4 is 19.9 Å². The molecule has 5 heteroatoms. The number of urea groups is 1. The van der Waals surface area contributed by atoms with Crippen molar-refractivity contribution in [1.29, 1.82) is 0 Å². The second kappa shape index (κ2) is 7.06. The molecule has 0 spiro atoms. The molecule has 2 amide bonds. The molecule has 2 rings (SSSR count). The number of rotatable bonds is 3. The number of amides is 2. The number of hydrogen-bond acceptors (Lipinski definition) is 2. The molecule has 1 aliphatic rings. The molecule has 1 unspecified atom stereocenters. The third-order valence-electron chi connectivity index (χ3n) is 3.81. The average Bonchev–Trinajstić information content (AvgIpc) is 2.49. The van der Waals surface area contributed by atoms with Gasteiger partial charge in [-0.1, -0.05) is 55.9 Å². The highest BCUT2D eigenvalue weighted by Gasteiger charge is 2.33. The standard InChI is InChI=1S/C19H24N2O2Si/c1-14-17(15(2)22)18(16-10-7-6-8-11-16)20-19(23)21(14)12-9-13-24(3,4)5/h6-8,10-11,18H,12H2,1-5H3,(H,20,23). The number of hydrogen-bond donors (Lipinski definition) is 1. The Kier molecular flexibility index (Phi) is 5.30. The number of ketones is 1. The van der Waals surface area contributed by atoms with Crippen LogP contribution >= 0.6 is 0 Å². The summed E-state index contributed by atoms with van der Waals surface area (Å²) in [6.07, 6.45) is 0. The number of nitrogens with one attached hydrogen (secondary N) is 1. The summed E-state index contributed by atoms with van der Waals surface area (Å²) in [5, 5.41) is 2.94. The lowest BCUT2D eigenvalue weighted by Gasteiger charge is -2.34. The van der Waals surface area contributed by atoms with E-state index >= 15 is 0 Å². The molecular formula is C19H24N2O2Si. The molecule has 1 aliphatic heterocycles. The van der Waals surface area contributed by atoms with Crippen LogP contribution in [0, 0.1) is 11.5 Å². The van der Waals surface area contributed by atoms with Crippen molar-refractivity contribution in [3.63, 3.8) is 0 Å². The molecular weight excluding hydrogens is 316 g/mol. The van der Waals surface area contributed by atoms with Crippen LogP contribution in [-0.4, -0.2) is 31.3 Å². The minimum absolute atomic E-state index is 0.0375. The summed E-state index contributed by atoms with van der Waals surface area (Å²) in [6.45, 7) is 10.1. The first-order chi connectivity index (χ1) is 11.2. The van der Waals surface area contributed by atoms with Crippen LogP contribution in [0.15, 0.2) is 41.6 Å². The molecule has 0 saturated heterocycles. The van der Waals surface area contributed by atoms with Gasteiger partial charge in [-0.25, -0.2) is 4.79 Å². The minimum Gasteiger partial charge on any atom is -0.327 e. The monoisotopic (exact) mass is 340 g/mol. The normalized spacial score (nSPS) is 18.0. The highest BCUT2D eigenvalue weighted by Crippen LogP contribution is 2.30. The quantitative estimate of drug-likeness (QED) is 0.676. The van der Waals surface area contributed by atoms with Crippen LogP contribution in [0.1, 0.15) is 25.5 Å². The summed E-state index contributed by atoms with van der Waals surface area (Å²) < 4.78 is 0. The van der Waals surface area contributed by atoms with Gasteiger partial charge in [-0.2, -0.15) is 0 Å². The Balaban J connectivity index is 2.39. The zero-order chi connectivity index (χ0) is 17.9. The van der Waals surface area contributed by atoms with Crippen molar-refractivity contribution in [1.82, 2.24) is 10.2 Å². The second-order valence-corrected chi connectivity index (χ2v) is 11.7. The van der Waals surface area contributed by atoms with Gasteiger partial charge in [0.15, 0.2) is 5.78 Å². The van der Waals surface area contributed by atoms with E-state index in [-0.39, 0.29) is 11.8 Å². The Labute approximate surface area is 144 Å². The SMILES string of the molecule is CC(=O)C1=C(C)N(CC#C[Si](C)(C)C)C(=O)NC1c1ccccc1. The molecule has 1 aromatic carbocycles. The van der Waals surface area contributed by atoms with E-state index in [1.54, 1.807) is 4.90 Å². The first kappa shape index (κ1) is 18.0. The lowest BCUT2D eigenvalue weighted by atomic mass is 9.92. The Bertz CT molecular complexity index is 736. The van der Waals surface area contributed by atoms with Crippen molar-refractivity contribution in [3.8, 4) is 11.5 Å². The summed E-state index contributed by atoms with van der Waals surface area (Å²) >= 11 is 0. The molecule has 1 N–H and O–H groups in total. The van der Waals surface area contributed by atoms with E-state index in [1.807, 2.05) is 37.3 Å². The van der Waals surface area contributed by atoms with Crippen molar-refractivity contribution in [2.45, 2.75) is 39.5 Å². The van der Waals surface area contributed by atoms with Gasteiger partial charge in [0.1, 0.15) is 8.07 Å². The molecule has 24 heavy (non-hydrogen) atoms. The van der Waals surface area contributed by atoms with Gasteiger partial charge < -0.3 is 5.32 Å². The van der Waals surface area contributed by atoms with Crippen LogP contribution in [-0.2, 0) is 4.79 Å². The lowest BCUT2D eigenvalue weighted by molar-refractivity contribution is -0.114. The Morgan fingerprint density at radius 1 is 1.25 bits per heavy atom. The van der Waals surface area contributed by atoms with Crippen LogP contribution in [0.2, 0.25) is 19.6 Å². The number of nitrogens with zero attached hydrogens (tertiary/aromatic N) is 1. The molecule has 0 aliphatic carbocycles. The maximum Gasteiger partial charge on any atom is 0.323 e. The number of Topliss-reactive ketones (excluding diaryl/α,β-unsaturated/α-hetero) is 1. The highest BCUT2D eigenvalue weighted by molar-refractivity contribution is 6.83. The maximum absolute atomic E-state index is 12.5. The van der Waals surface area contributed by atoms with E-state index in [0.29, 0.717) is 17.8 Å². The van der Waals surface area contributed by atoms with Gasteiger partial charge in [0, 0.05) is 11.3 Å². The number of carbonyl (C=O) groups is 2. The van der Waals surface area contributed by atoms with Gasteiger partial charge in [-0.05, 0) is 19.4 Å². The largest absolute Gasteiger partial charge is 0.327 e. The van der Waals surface area contributed by atoms with Crippen molar-refractivity contribution < 1.29 is 9.59 Å². The van der Waals surface area contributed by atoms with Gasteiger partial charge in [-0.15, -0.1) is 5.54 Å². The molecule has 0 fully saturated rings. The van der Waals surface area contributed by atoms with Gasteiger partial charge in [-0.3, -0.25) is 9.69 Å². The summed E-state index contributed by atoms with van der Waals surface area (Å²) in [4.78, 5) is 26.3. The van der Waals surface area contributed by atoms with E-state index in [4.69, 9.17) is 0 Å². The van der Waals surface area contributed by atoms with E-state index < -0.39 is 14.1 Å². The third kappa shape index (κ3) is 4.15. The van der Waals surface area contributed by atoms with Crippen molar-refractivity contribution in [2.24, 2.45) is 0 Å². The molecule has 0 radical (unpaired) electrons. The summed E-state index contributed by atoms with van der Waals surface area (Å²) in [7, 11) is -1.49. The maximum atomic E-state index is 12.5. The van der Waals surface area contributed by atoms with E-state index in [2.05, 4.69) is 36.4 Å². The fourth-order valence-electron chi connectivity index (χ4n) is 2.71. The molecule has 1 atom stereocenters. The lowest BCUT2D eigenvalue weighted by Crippen LogP contribution is -2.47. The fourth-order valence-corrected chi connectivity index (χ4v) is 3.32. The van der Waals surface area contributed by atoms with Gasteiger partial charge in [0.25, 0.3) is 0 Å². The third-order valence-corrected chi connectivity index (χ3v) is 4.74. The first-order valence-corrected chi connectivity index (χ1v) is 11.6. The van der Waals surface area contributed by atoms with Crippen LogP contribution in [0.25, 0.3) is 0 Å². The van der Waals surface area contributed by atoms with Gasteiger partial charge >= 0.3 is 6.03 Å². The Morgan fingerprint density at radius 3 is 2.42 bits per heavy atom. The van der Waals surface area contributed by atoms with Crippen molar-refractivity contribution in [3.05, 3.63) is 47.2 Å². The topological polar surface area (TPSA) is 49.4 Å². The number of benzene rings is 1. The summed E-state index contributed by atoms with van der Waals surface area (Å²) in [6, 6.07) is 8.94. The van der Waals surface area contributed by atoms with Crippen LogP contribution < -0.4 is 5.32 Å². The summed E-state index contributed by atoms with van der Waals surface area (Å²) in [5.74, 6) is 3.06. The Morgan fingerprint density at radius 2 is 1.88 bits per heavy atom. The number of carbonyl (C=O) groups excluding carboxylic acids is 2.